The van der Waals surface area contributed by atoms with E-state index in [-0.39, 0.29) is 11.3 Å². The van der Waals surface area contributed by atoms with Crippen molar-refractivity contribution >= 4 is 17.2 Å². The van der Waals surface area contributed by atoms with Gasteiger partial charge in [0.2, 0.25) is 5.91 Å². The Morgan fingerprint density at radius 3 is 2.68 bits per heavy atom. The Morgan fingerprint density at radius 2 is 2.11 bits per heavy atom. The van der Waals surface area contributed by atoms with E-state index >= 15 is 0 Å². The van der Waals surface area contributed by atoms with Crippen molar-refractivity contribution in [1.29, 1.82) is 0 Å². The molecule has 106 valence electrons. The molecule has 1 amide bonds. The van der Waals surface area contributed by atoms with Crippen LogP contribution in [0.4, 0.5) is 0 Å². The lowest BCUT2D eigenvalue weighted by Gasteiger charge is -2.27. The first-order valence-electron chi connectivity index (χ1n) is 6.69. The van der Waals surface area contributed by atoms with Crippen LogP contribution in [0.3, 0.4) is 0 Å². The number of nitrogens with zero attached hydrogens (tertiary/aromatic N) is 3. The van der Waals surface area contributed by atoms with E-state index in [0.717, 1.165) is 19.5 Å². The predicted molar refractivity (Wildman–Crippen MR) is 78.5 cm³/mol. The second-order valence-electron chi connectivity index (χ2n) is 6.44. The molecule has 4 nitrogen and oxygen atoms in total. The number of amides is 1. The molecule has 5 heteroatoms. The van der Waals surface area contributed by atoms with Gasteiger partial charge in [-0.1, -0.05) is 20.8 Å². The van der Waals surface area contributed by atoms with Gasteiger partial charge in [0.05, 0.1) is 23.8 Å². The topological polar surface area (TPSA) is 36.4 Å². The van der Waals surface area contributed by atoms with Gasteiger partial charge in [0.15, 0.2) is 0 Å². The van der Waals surface area contributed by atoms with Crippen LogP contribution in [0, 0.1) is 0 Å². The van der Waals surface area contributed by atoms with Crippen LogP contribution >= 0.6 is 11.3 Å². The molecule has 1 aliphatic heterocycles. The zero-order chi connectivity index (χ0) is 14.2. The van der Waals surface area contributed by atoms with E-state index in [2.05, 4.69) is 20.8 Å². The maximum atomic E-state index is 12.1. The number of hydrogen-bond acceptors (Lipinski definition) is 4. The van der Waals surface area contributed by atoms with Gasteiger partial charge in [-0.25, -0.2) is 4.98 Å². The summed E-state index contributed by atoms with van der Waals surface area (Å²) in [6, 6.07) is 0. The molecule has 2 heterocycles. The molecule has 2 rings (SSSR count). The van der Waals surface area contributed by atoms with Crippen LogP contribution in [-0.4, -0.2) is 47.9 Å². The van der Waals surface area contributed by atoms with Crippen molar-refractivity contribution < 1.29 is 4.79 Å². The number of aromatic nitrogens is 1. The van der Waals surface area contributed by atoms with Crippen molar-refractivity contribution in [2.45, 2.75) is 39.2 Å². The quantitative estimate of drug-likeness (QED) is 0.830. The number of likely N-dealkylation sites (N-methyl/N-ethyl adjacent to an activating group) is 1. The molecule has 0 atom stereocenters. The van der Waals surface area contributed by atoms with Crippen molar-refractivity contribution in [2.24, 2.45) is 0 Å². The predicted octanol–water partition coefficient (Wildman–Crippen LogP) is 1.89. The lowest BCUT2D eigenvalue weighted by atomic mass is 9.98. The zero-order valence-corrected chi connectivity index (χ0v) is 13.3. The Labute approximate surface area is 119 Å². The number of carbonyl (C=O) groups is 1. The highest BCUT2D eigenvalue weighted by Crippen LogP contribution is 2.32. The molecular formula is C14H23N3OS. The minimum absolute atomic E-state index is 0.0977. The molecule has 0 spiro atoms. The largest absolute Gasteiger partial charge is 0.336 e. The van der Waals surface area contributed by atoms with Crippen molar-refractivity contribution in [2.75, 3.05) is 27.2 Å². The highest BCUT2D eigenvalue weighted by molar-refractivity contribution is 7.11. The second-order valence-corrected chi connectivity index (χ2v) is 7.53. The van der Waals surface area contributed by atoms with E-state index in [1.165, 1.54) is 15.6 Å². The summed E-state index contributed by atoms with van der Waals surface area (Å²) in [6.45, 7) is 8.58. The van der Waals surface area contributed by atoms with Crippen LogP contribution in [0.5, 0.6) is 0 Å². The molecule has 0 aliphatic carbocycles. The minimum atomic E-state index is 0.0977. The van der Waals surface area contributed by atoms with Crippen molar-refractivity contribution in [3.63, 3.8) is 0 Å². The first-order valence-corrected chi connectivity index (χ1v) is 7.50. The van der Waals surface area contributed by atoms with Crippen LogP contribution in [0.15, 0.2) is 0 Å². The third-order valence-corrected chi connectivity index (χ3v) is 4.69. The normalized spacial score (nSPS) is 15.8. The fourth-order valence-electron chi connectivity index (χ4n) is 2.10. The van der Waals surface area contributed by atoms with Crippen LogP contribution in [0.2, 0.25) is 0 Å². The molecule has 0 bridgehead atoms. The number of hydrogen-bond donors (Lipinski definition) is 0. The van der Waals surface area contributed by atoms with Crippen LogP contribution in [-0.2, 0) is 23.2 Å². The van der Waals surface area contributed by atoms with Gasteiger partial charge in [0.25, 0.3) is 0 Å². The highest BCUT2D eigenvalue weighted by atomic mass is 32.1. The summed E-state index contributed by atoms with van der Waals surface area (Å²) in [6.07, 6.45) is 0.890. The van der Waals surface area contributed by atoms with Crippen molar-refractivity contribution in [3.05, 3.63) is 15.6 Å². The number of carbonyl (C=O) groups excluding carboxylic acids is 1. The monoisotopic (exact) mass is 281 g/mol. The molecule has 0 unspecified atom stereocenters. The molecule has 19 heavy (non-hydrogen) atoms. The van der Waals surface area contributed by atoms with E-state index in [1.54, 1.807) is 11.3 Å². The van der Waals surface area contributed by atoms with E-state index in [1.807, 2.05) is 23.9 Å². The Morgan fingerprint density at radius 1 is 1.42 bits per heavy atom. The summed E-state index contributed by atoms with van der Waals surface area (Å²) < 4.78 is 0. The average molecular weight is 281 g/mol. The van der Waals surface area contributed by atoms with Crippen LogP contribution < -0.4 is 0 Å². The molecular weight excluding hydrogens is 258 g/mol. The summed E-state index contributed by atoms with van der Waals surface area (Å²) in [5.74, 6) is 0.210. The van der Waals surface area contributed by atoms with Gasteiger partial charge >= 0.3 is 0 Å². The molecule has 0 saturated heterocycles. The summed E-state index contributed by atoms with van der Waals surface area (Å²) in [5, 5.41) is 1.18. The fourth-order valence-corrected chi connectivity index (χ4v) is 3.28. The van der Waals surface area contributed by atoms with Crippen molar-refractivity contribution in [3.8, 4) is 0 Å². The molecule has 0 saturated carbocycles. The molecule has 0 radical (unpaired) electrons. The molecule has 0 aromatic carbocycles. The Kier molecular flexibility index (Phi) is 3.97. The van der Waals surface area contributed by atoms with Gasteiger partial charge in [0, 0.05) is 23.3 Å². The van der Waals surface area contributed by atoms with Gasteiger partial charge in [-0.3, -0.25) is 4.79 Å². The Hall–Kier alpha value is -0.940. The summed E-state index contributed by atoms with van der Waals surface area (Å²) in [5.41, 5.74) is 1.30. The average Bonchev–Trinajstić information content (AvgIpc) is 2.69. The number of rotatable bonds is 2. The lowest BCUT2D eigenvalue weighted by Crippen LogP contribution is -2.40. The lowest BCUT2D eigenvalue weighted by molar-refractivity contribution is -0.132. The van der Waals surface area contributed by atoms with Gasteiger partial charge in [-0.15, -0.1) is 11.3 Å². The van der Waals surface area contributed by atoms with E-state index < -0.39 is 0 Å². The third kappa shape index (κ3) is 3.34. The second kappa shape index (κ2) is 5.21. The van der Waals surface area contributed by atoms with E-state index in [9.17, 15) is 4.79 Å². The first kappa shape index (κ1) is 14.5. The van der Waals surface area contributed by atoms with Gasteiger partial charge < -0.3 is 9.80 Å². The van der Waals surface area contributed by atoms with Gasteiger partial charge in [-0.05, 0) is 14.1 Å². The number of fused-ring (bicyclic) bond motifs is 1. The van der Waals surface area contributed by atoms with Gasteiger partial charge in [0.1, 0.15) is 0 Å². The Bertz CT molecular complexity index is 474. The highest BCUT2D eigenvalue weighted by Gasteiger charge is 2.27. The smallest absolute Gasteiger partial charge is 0.237 e. The van der Waals surface area contributed by atoms with Crippen molar-refractivity contribution in [1.82, 2.24) is 14.8 Å². The van der Waals surface area contributed by atoms with Gasteiger partial charge in [-0.2, -0.15) is 0 Å². The van der Waals surface area contributed by atoms with Crippen LogP contribution in [0.25, 0.3) is 0 Å². The standard InChI is InChI=1S/C14H23N3OS/c1-14(2,3)13-15-10-6-7-17(8-11(10)19-13)12(18)9-16(4)5/h6-9H2,1-5H3. The molecule has 1 aliphatic rings. The third-order valence-electron chi connectivity index (χ3n) is 3.18. The number of thiazole rings is 1. The Balaban J connectivity index is 2.12. The maximum absolute atomic E-state index is 12.1. The van der Waals surface area contributed by atoms with Crippen LogP contribution in [0.1, 0.15) is 36.3 Å². The molecule has 0 N–H and O–H groups in total. The first-order chi connectivity index (χ1) is 8.77. The SMILES string of the molecule is CN(C)CC(=O)N1CCc2nc(C(C)(C)C)sc2C1. The molecule has 1 aromatic rings. The summed E-state index contributed by atoms with van der Waals surface area (Å²) in [4.78, 5) is 22.0. The molecule has 1 aromatic heterocycles. The van der Waals surface area contributed by atoms with E-state index in [4.69, 9.17) is 4.98 Å². The maximum Gasteiger partial charge on any atom is 0.237 e. The molecule has 0 fully saturated rings. The zero-order valence-electron chi connectivity index (χ0n) is 12.5. The summed E-state index contributed by atoms with van der Waals surface area (Å²) >= 11 is 1.76. The fraction of sp³-hybridized carbons (Fsp3) is 0.714. The summed E-state index contributed by atoms with van der Waals surface area (Å²) in [7, 11) is 3.86. The van der Waals surface area contributed by atoms with E-state index in [0.29, 0.717) is 6.54 Å². The minimum Gasteiger partial charge on any atom is -0.336 e.